The molecule has 12 aliphatic heterocycles. The Hall–Kier alpha value is -4.85. The summed E-state index contributed by atoms with van der Waals surface area (Å²) in [6.07, 6.45) is -118. The molecule has 12 aliphatic rings. The lowest BCUT2D eigenvalue weighted by atomic mass is 9.93. The van der Waals surface area contributed by atoms with Gasteiger partial charge in [-0.2, -0.15) is 0 Å². The van der Waals surface area contributed by atoms with Crippen molar-refractivity contribution in [3.05, 3.63) is 0 Å². The first-order chi connectivity index (χ1) is 69.5. The summed E-state index contributed by atoms with van der Waals surface area (Å²) in [5.41, 5.74) is 0. The summed E-state index contributed by atoms with van der Waals surface area (Å²) in [6, 6.07) is -9.96. The van der Waals surface area contributed by atoms with Crippen LogP contribution in [0.1, 0.15) is 41.5 Å². The van der Waals surface area contributed by atoms with Gasteiger partial charge in [-0.3, -0.25) is 24.0 Å². The van der Waals surface area contributed by atoms with E-state index in [1.165, 1.54) is 6.92 Å². The maximum Gasteiger partial charge on any atom is 0.217 e. The molecule has 12 rings (SSSR count). The summed E-state index contributed by atoms with van der Waals surface area (Å²) in [5.74, 6) is -4.95. The number of hydrogen-bond donors (Lipinski definition) is 37. The van der Waals surface area contributed by atoms with Crippen molar-refractivity contribution in [3.63, 3.8) is 0 Å². The SMILES string of the molecule is CC(=O)N[C@@H]1[C@@H](O)[C@H](O[C@@H]2O[C@H](CO)[C@@H](O[C@@H]3O[C@H](CO[C@H]4O[C@H](CO[C@H]5O[C@H](CO)[C@@H](O[C@@H]6O[C@H](CO)[C@H](O)[C@H](O)[C@H]6O)[C@@H](O)[C@H]5NC(C)=O)[C@@H](O)[C@H](O)[C@@H]4O[C@@H]4O[C@H](CO)[C@@H](O[C@@H]5O[C@H](CO)[C@H](O)[C@H](O)[C@H]5O)[C@H](O)[C@H]4NC(C)=O)[C@@H](O)[C@H](O[C@H]4O[C@H](CO)[C@@H](O)[C@H](O)[C@@H]4O[C@@H]4O[C@H](CO)[C@@H](O[C@@H]5O[C@H](CO)[C@H](O)[C@H](O)[C@H]5O)[C@H](O)[C@H]4NC(C)=O)[C@@H]3O)[C@H](O)[C@H]2NC(C)=O)[C@@H](CO[C@H]2O[C@H](C)[C@H](O)[C@H](O)[C@H]2O)O[C@@H]1O. The smallest absolute Gasteiger partial charge is 0.217 e. The molecule has 0 aromatic heterocycles. The number of rotatable bonds is 38. The Morgan fingerprint density at radius 3 is 0.789 bits per heavy atom. The zero-order valence-electron chi connectivity index (χ0n) is 79.2. The fourth-order valence-electron chi connectivity index (χ4n) is 19.1. The highest BCUT2D eigenvalue weighted by atomic mass is 16.8. The maximum atomic E-state index is 13.5. The van der Waals surface area contributed by atoms with Gasteiger partial charge < -0.3 is 299 Å². The standard InChI is InChI=1S/C82H137N5O60/c1-18-40(101)52(113)58(119)76(128-18)126-17-34-67(47(108)35(71(124)129-34)83-19(2)96)140-73-37(85-21(4)98)49(110)66(31(14-95)135-73)144-80-62(123)68(145-82-70(56(117)44(105)27(10-91)133-82)147-75-39(87-23(6)100)51(112)65(30(13-94)137-75)143-79-61(122)55(116)43(104)26(9-90)132-79)46(107)33(138-80)16-127-81-69(146-74-38(86-22(5)99)50(111)64(29(12-93)136-74)142-78-60(121)54(115)42(103)25(8-89)131-78)57(118)45(106)32(139-81)15-125-72-36(84-20(3)97)48(109)63(28(11-92)134-72)141-77-59(120)53(114)41(102)24(7-88)130-77/h18,24-82,88-95,101-124H,7-17H2,1-6H3,(H,83,96)(H,84,97)(H,85,98)(H,86,99)(H,87,100)/t18-,24-,25-,26-,27-,28-,29-,30-,31-,32-,33-,34-,35-,36-,37-,38-,39-,40+,41+,42+,43+,44-,45-,46-,47-,48+,49-,50-,51-,52+,53+,54+,55+,56+,57+,58-,59-,60-,61-,62+,63-,64-,65-,66-,67-,68+,69+,70+,71+,72+,73+,74+,75+,76+,77+,78+,79+,80+,81+,82-/m1/s1. The summed E-state index contributed by atoms with van der Waals surface area (Å²) in [5, 5.41) is 373. The number of amides is 5. The molecule has 0 aromatic carbocycles. The Labute approximate surface area is 832 Å². The van der Waals surface area contributed by atoms with Gasteiger partial charge in [-0.1, -0.05) is 0 Å². The van der Waals surface area contributed by atoms with E-state index in [2.05, 4.69) is 26.6 Å². The second kappa shape index (κ2) is 52.8. The minimum Gasteiger partial charge on any atom is -0.394 e. The molecule has 0 aliphatic carbocycles. The van der Waals surface area contributed by atoms with Crippen LogP contribution in [0, 0.1) is 0 Å². The Balaban J connectivity index is 0.913. The number of aliphatic hydroxyl groups is 32. The predicted octanol–water partition coefficient (Wildman–Crippen LogP) is -25.4. The van der Waals surface area contributed by atoms with Crippen molar-refractivity contribution in [1.29, 1.82) is 0 Å². The molecule has 0 unspecified atom stereocenters. The molecular formula is C82H137N5O60. The van der Waals surface area contributed by atoms with E-state index < -0.39 is 470 Å². The molecule has 60 atom stereocenters. The second-order valence-electron chi connectivity index (χ2n) is 37.4. The Kier molecular flexibility index (Phi) is 43.4. The summed E-state index contributed by atoms with van der Waals surface area (Å²) in [4.78, 5) is 65.6. The first-order valence-corrected chi connectivity index (χ1v) is 47.0. The first-order valence-electron chi connectivity index (χ1n) is 47.0. The number of carbonyl (C=O) groups excluding carboxylic acids is 5. The molecule has 5 amide bonds. The number of carbonyl (C=O) groups is 5. The van der Waals surface area contributed by atoms with Crippen molar-refractivity contribution in [3.8, 4) is 0 Å². The van der Waals surface area contributed by atoms with Crippen molar-refractivity contribution >= 4 is 29.5 Å². The van der Waals surface area contributed by atoms with Gasteiger partial charge in [0.15, 0.2) is 75.5 Å². The molecule has 147 heavy (non-hydrogen) atoms. The van der Waals surface area contributed by atoms with Crippen molar-refractivity contribution < 1.29 is 296 Å². The summed E-state index contributed by atoms with van der Waals surface area (Å²) in [7, 11) is 0. The van der Waals surface area contributed by atoms with Crippen molar-refractivity contribution in [2.75, 3.05) is 72.7 Å². The van der Waals surface area contributed by atoms with Crippen LogP contribution in [0.2, 0.25) is 0 Å². The van der Waals surface area contributed by atoms with E-state index in [4.69, 9.17) is 109 Å². The van der Waals surface area contributed by atoms with Crippen LogP contribution in [-0.2, 0) is 133 Å². The first kappa shape index (κ1) is 121. The van der Waals surface area contributed by atoms with Gasteiger partial charge in [0.05, 0.1) is 78.8 Å². The quantitative estimate of drug-likeness (QED) is 0.0273. The molecule has 0 spiro atoms. The van der Waals surface area contributed by atoms with Gasteiger partial charge in [-0.05, 0) is 6.92 Å². The lowest BCUT2D eigenvalue weighted by Crippen LogP contribution is -2.71. The second-order valence-corrected chi connectivity index (χ2v) is 37.4. The molecular weight excluding hydrogens is 2010 g/mol. The molecule has 850 valence electrons. The van der Waals surface area contributed by atoms with E-state index in [-0.39, 0.29) is 0 Å². The largest absolute Gasteiger partial charge is 0.394 e. The molecule has 37 N–H and O–H groups in total. The molecule has 12 fully saturated rings. The average Bonchev–Trinajstić information content (AvgIpc) is 0.766. The van der Waals surface area contributed by atoms with Crippen LogP contribution in [0.5, 0.6) is 0 Å². The minimum absolute atomic E-state index is 0.883. The van der Waals surface area contributed by atoms with Crippen LogP contribution in [0.3, 0.4) is 0 Å². The van der Waals surface area contributed by atoms with Crippen LogP contribution in [0.25, 0.3) is 0 Å². The Morgan fingerprint density at radius 2 is 0.422 bits per heavy atom. The Morgan fingerprint density at radius 1 is 0.190 bits per heavy atom. The van der Waals surface area contributed by atoms with Gasteiger partial charge in [0.1, 0.15) is 287 Å². The molecule has 12 heterocycles. The number of hydrogen-bond acceptors (Lipinski definition) is 60. The van der Waals surface area contributed by atoms with Crippen LogP contribution in [0.15, 0.2) is 0 Å². The van der Waals surface area contributed by atoms with Gasteiger partial charge >= 0.3 is 0 Å². The fourth-order valence-corrected chi connectivity index (χ4v) is 19.1. The third-order valence-corrected chi connectivity index (χ3v) is 27.0. The number of aliphatic hydroxyl groups excluding tert-OH is 32. The van der Waals surface area contributed by atoms with E-state index in [9.17, 15) is 187 Å². The molecule has 0 bridgehead atoms. The third-order valence-electron chi connectivity index (χ3n) is 27.0. The van der Waals surface area contributed by atoms with Crippen molar-refractivity contribution in [1.82, 2.24) is 26.6 Å². The zero-order valence-corrected chi connectivity index (χ0v) is 79.2. The monoisotopic (exact) mass is 2150 g/mol. The molecule has 65 nitrogen and oxygen atoms in total. The number of ether oxygens (including phenoxy) is 23. The molecule has 0 aromatic rings. The van der Waals surface area contributed by atoms with E-state index in [1.807, 2.05) is 0 Å². The van der Waals surface area contributed by atoms with E-state index in [1.54, 1.807) is 0 Å². The zero-order chi connectivity index (χ0) is 108. The molecule has 0 radical (unpaired) electrons. The minimum atomic E-state index is -2.75. The molecule has 12 saturated heterocycles. The molecule has 65 heteroatoms. The predicted molar refractivity (Wildman–Crippen MR) is 452 cm³/mol. The van der Waals surface area contributed by atoms with Crippen LogP contribution < -0.4 is 26.6 Å². The topological polar surface area (TPSA) is 1010 Å². The lowest BCUT2D eigenvalue weighted by molar-refractivity contribution is -0.399. The van der Waals surface area contributed by atoms with Crippen LogP contribution in [0.4, 0.5) is 0 Å². The average molecular weight is 2150 g/mol. The summed E-state index contributed by atoms with van der Waals surface area (Å²) < 4.78 is 138. The maximum absolute atomic E-state index is 13.5. The van der Waals surface area contributed by atoms with Gasteiger partial charge in [-0.15, -0.1) is 0 Å². The van der Waals surface area contributed by atoms with Crippen molar-refractivity contribution in [2.24, 2.45) is 0 Å². The summed E-state index contributed by atoms with van der Waals surface area (Å²) in [6.45, 7) is -6.88. The molecule has 0 saturated carbocycles. The van der Waals surface area contributed by atoms with Gasteiger partial charge in [0.2, 0.25) is 29.5 Å². The lowest BCUT2D eigenvalue weighted by Gasteiger charge is -2.51. The van der Waals surface area contributed by atoms with E-state index >= 15 is 0 Å². The fraction of sp³-hybridized carbons (Fsp3) is 0.939. The highest BCUT2D eigenvalue weighted by Crippen LogP contribution is 2.42. The highest BCUT2D eigenvalue weighted by Gasteiger charge is 2.63. The van der Waals surface area contributed by atoms with Gasteiger partial charge in [-0.25, -0.2) is 0 Å². The number of nitrogens with one attached hydrogen (secondary N) is 5. The Bertz CT molecular complexity index is 4110. The van der Waals surface area contributed by atoms with Crippen LogP contribution >= 0.6 is 0 Å². The summed E-state index contributed by atoms with van der Waals surface area (Å²) >= 11 is 0. The highest BCUT2D eigenvalue weighted by molar-refractivity contribution is 5.75. The van der Waals surface area contributed by atoms with Gasteiger partial charge in [0.25, 0.3) is 0 Å². The normalized spacial score (nSPS) is 49.6. The van der Waals surface area contributed by atoms with Crippen LogP contribution in [-0.4, -0.2) is 634 Å². The van der Waals surface area contributed by atoms with Crippen molar-refractivity contribution in [2.45, 2.75) is 410 Å². The van der Waals surface area contributed by atoms with E-state index in [0.29, 0.717) is 0 Å². The van der Waals surface area contributed by atoms with Gasteiger partial charge in [0, 0.05) is 34.6 Å². The third kappa shape index (κ3) is 27.0. The van der Waals surface area contributed by atoms with E-state index in [0.717, 1.165) is 34.6 Å².